The van der Waals surface area contributed by atoms with Crippen molar-refractivity contribution < 1.29 is 9.59 Å². The van der Waals surface area contributed by atoms with Gasteiger partial charge in [-0.3, -0.25) is 9.59 Å². The molecule has 3 nitrogen and oxygen atoms in total. The van der Waals surface area contributed by atoms with Crippen molar-refractivity contribution in [1.82, 2.24) is 5.32 Å². The number of carbonyl (C=O) groups is 2. The fourth-order valence-electron chi connectivity index (χ4n) is 0.847. The van der Waals surface area contributed by atoms with E-state index in [0.29, 0.717) is 12.8 Å². The fourth-order valence-corrected chi connectivity index (χ4v) is 0.847. The zero-order chi connectivity index (χ0) is 6.85. The largest absolute Gasteiger partial charge is 0.347 e. The molecule has 0 saturated carbocycles. The maximum Gasteiger partial charge on any atom is 0.221 e. The summed E-state index contributed by atoms with van der Waals surface area (Å²) in [7, 11) is 0. The van der Waals surface area contributed by atoms with E-state index in [2.05, 4.69) is 5.32 Å². The molecule has 1 saturated heterocycles. The van der Waals surface area contributed by atoms with E-state index in [-0.39, 0.29) is 17.7 Å². The van der Waals surface area contributed by atoms with Gasteiger partial charge in [0.2, 0.25) is 5.91 Å². The molecule has 0 spiro atoms. The van der Waals surface area contributed by atoms with Crippen molar-refractivity contribution in [1.29, 1.82) is 0 Å². The van der Waals surface area contributed by atoms with Gasteiger partial charge in [0.05, 0.1) is 6.04 Å². The summed E-state index contributed by atoms with van der Waals surface area (Å²) in [6, 6.07) is -0.258. The first kappa shape index (κ1) is 6.26. The van der Waals surface area contributed by atoms with Gasteiger partial charge in [0.25, 0.3) is 0 Å². The van der Waals surface area contributed by atoms with Crippen LogP contribution in [0.2, 0.25) is 0 Å². The molecule has 0 aromatic carbocycles. The van der Waals surface area contributed by atoms with Crippen molar-refractivity contribution in [2.24, 2.45) is 0 Å². The highest BCUT2D eigenvalue weighted by Crippen LogP contribution is 2.02. The maximum absolute atomic E-state index is 10.7. The third kappa shape index (κ3) is 1.28. The Labute approximate surface area is 53.4 Å². The summed E-state index contributed by atoms with van der Waals surface area (Å²) in [6.07, 6.45) is 0.774. The lowest BCUT2D eigenvalue weighted by Crippen LogP contribution is -2.43. The van der Waals surface area contributed by atoms with Gasteiger partial charge >= 0.3 is 0 Å². The number of nitrogens with one attached hydrogen (secondary N) is 1. The van der Waals surface area contributed by atoms with Crippen LogP contribution in [0.3, 0.4) is 0 Å². The lowest BCUT2D eigenvalue weighted by molar-refractivity contribution is -0.132. The fraction of sp³-hybridized carbons (Fsp3) is 0.667. The summed E-state index contributed by atoms with van der Waals surface area (Å²) in [6.45, 7) is 1.71. The van der Waals surface area contributed by atoms with Gasteiger partial charge in [-0.05, 0) is 6.92 Å². The Morgan fingerprint density at radius 1 is 1.44 bits per heavy atom. The topological polar surface area (TPSA) is 46.2 Å². The van der Waals surface area contributed by atoms with Crippen LogP contribution < -0.4 is 5.32 Å². The number of carbonyl (C=O) groups excluding carboxylic acids is 2. The number of Topliss-reactive ketones (excluding diaryl/α,β-unsaturated/α-hetero) is 1. The number of rotatable bonds is 0. The molecular weight excluding hydrogens is 118 g/mol. The number of hydrogen-bond donors (Lipinski definition) is 1. The van der Waals surface area contributed by atoms with E-state index < -0.39 is 0 Å². The van der Waals surface area contributed by atoms with E-state index in [1.807, 2.05) is 0 Å². The minimum absolute atomic E-state index is 0.0119. The predicted molar refractivity (Wildman–Crippen MR) is 31.8 cm³/mol. The van der Waals surface area contributed by atoms with Gasteiger partial charge in [0.1, 0.15) is 0 Å². The van der Waals surface area contributed by atoms with Crippen LogP contribution in [0.4, 0.5) is 0 Å². The van der Waals surface area contributed by atoms with Gasteiger partial charge < -0.3 is 5.32 Å². The molecule has 1 amide bonds. The highest BCUT2D eigenvalue weighted by Gasteiger charge is 2.21. The van der Waals surface area contributed by atoms with Crippen molar-refractivity contribution in [3.05, 3.63) is 0 Å². The van der Waals surface area contributed by atoms with Crippen LogP contribution in [0, 0.1) is 0 Å². The summed E-state index contributed by atoms with van der Waals surface area (Å²) in [4.78, 5) is 21.3. The van der Waals surface area contributed by atoms with Crippen LogP contribution in [-0.2, 0) is 9.59 Å². The van der Waals surface area contributed by atoms with Crippen molar-refractivity contribution in [2.45, 2.75) is 25.8 Å². The first-order valence-electron chi connectivity index (χ1n) is 3.02. The summed E-state index contributed by atoms with van der Waals surface area (Å²) >= 11 is 0. The first-order chi connectivity index (χ1) is 4.20. The molecule has 1 fully saturated rings. The van der Waals surface area contributed by atoms with Crippen LogP contribution in [0.15, 0.2) is 0 Å². The second-order valence-corrected chi connectivity index (χ2v) is 2.26. The molecule has 1 aliphatic heterocycles. The molecule has 50 valence electrons. The van der Waals surface area contributed by atoms with E-state index in [4.69, 9.17) is 0 Å². The molecule has 1 N–H and O–H groups in total. The summed E-state index contributed by atoms with van der Waals surface area (Å²) in [5, 5.41) is 2.54. The second kappa shape index (κ2) is 2.17. The van der Waals surface area contributed by atoms with Crippen LogP contribution in [-0.4, -0.2) is 17.7 Å². The summed E-state index contributed by atoms with van der Waals surface area (Å²) in [5.74, 6) is 0.122. The van der Waals surface area contributed by atoms with Crippen LogP contribution >= 0.6 is 0 Å². The molecule has 9 heavy (non-hydrogen) atoms. The molecule has 1 aliphatic rings. The van der Waals surface area contributed by atoms with Crippen LogP contribution in [0.25, 0.3) is 0 Å². The first-order valence-corrected chi connectivity index (χ1v) is 3.02. The molecule has 0 aromatic heterocycles. The molecule has 1 atom stereocenters. The number of ketones is 1. The Morgan fingerprint density at radius 2 is 2.11 bits per heavy atom. The molecule has 0 radical (unpaired) electrons. The second-order valence-electron chi connectivity index (χ2n) is 2.26. The minimum Gasteiger partial charge on any atom is -0.347 e. The average molecular weight is 127 g/mol. The molecule has 0 bridgehead atoms. The zero-order valence-electron chi connectivity index (χ0n) is 5.31. The van der Waals surface area contributed by atoms with E-state index in [1.165, 1.54) is 0 Å². The van der Waals surface area contributed by atoms with Gasteiger partial charge in [-0.25, -0.2) is 0 Å². The highest BCUT2D eigenvalue weighted by molar-refractivity contribution is 5.94. The Hall–Kier alpha value is -0.860. The maximum atomic E-state index is 10.7. The quantitative estimate of drug-likeness (QED) is 0.492. The Bertz CT molecular complexity index is 153. The van der Waals surface area contributed by atoms with Crippen molar-refractivity contribution in [3.63, 3.8) is 0 Å². The number of hydrogen-bond acceptors (Lipinski definition) is 2. The minimum atomic E-state index is -0.258. The molecule has 1 heterocycles. The zero-order valence-corrected chi connectivity index (χ0v) is 5.31. The Balaban J connectivity index is 2.54. The van der Waals surface area contributed by atoms with E-state index in [0.717, 1.165) is 0 Å². The lowest BCUT2D eigenvalue weighted by atomic mass is 10.0. The predicted octanol–water partition coefficient (Wildman–Crippen LogP) is -0.146. The monoisotopic (exact) mass is 127 g/mol. The molecule has 0 aliphatic carbocycles. The van der Waals surface area contributed by atoms with Gasteiger partial charge in [0.15, 0.2) is 5.78 Å². The molecule has 0 aromatic rings. The average Bonchev–Trinajstić information content (AvgIpc) is 1.80. The van der Waals surface area contributed by atoms with Crippen molar-refractivity contribution in [2.75, 3.05) is 0 Å². The smallest absolute Gasteiger partial charge is 0.221 e. The van der Waals surface area contributed by atoms with Gasteiger partial charge in [-0.15, -0.1) is 0 Å². The van der Waals surface area contributed by atoms with Crippen molar-refractivity contribution in [3.8, 4) is 0 Å². The van der Waals surface area contributed by atoms with E-state index in [1.54, 1.807) is 6.92 Å². The number of piperidine rings is 1. The Morgan fingerprint density at radius 3 is 2.56 bits per heavy atom. The molecule has 3 heteroatoms. The standard InChI is InChI=1S/C6H9NO2/c1-4-5(8)2-3-6(9)7-4/h4H,2-3H2,1H3,(H,7,9). The Kier molecular flexibility index (Phi) is 1.51. The van der Waals surface area contributed by atoms with E-state index >= 15 is 0 Å². The van der Waals surface area contributed by atoms with Gasteiger partial charge in [-0.1, -0.05) is 0 Å². The normalized spacial score (nSPS) is 27.9. The van der Waals surface area contributed by atoms with Gasteiger partial charge in [0, 0.05) is 12.8 Å². The van der Waals surface area contributed by atoms with E-state index in [9.17, 15) is 9.59 Å². The SMILES string of the molecule is CC1NC(=O)CCC1=O. The highest BCUT2D eigenvalue weighted by atomic mass is 16.2. The lowest BCUT2D eigenvalue weighted by Gasteiger charge is -2.17. The molecular formula is C6H9NO2. The van der Waals surface area contributed by atoms with Crippen molar-refractivity contribution >= 4 is 11.7 Å². The molecule has 1 unspecified atom stereocenters. The summed E-state index contributed by atoms with van der Waals surface area (Å²) in [5.41, 5.74) is 0. The number of amides is 1. The van der Waals surface area contributed by atoms with Gasteiger partial charge in [-0.2, -0.15) is 0 Å². The third-order valence-corrected chi connectivity index (χ3v) is 1.46. The molecule has 1 rings (SSSR count). The summed E-state index contributed by atoms with van der Waals surface area (Å²) < 4.78 is 0. The third-order valence-electron chi connectivity index (χ3n) is 1.46. The van der Waals surface area contributed by atoms with Crippen LogP contribution in [0.5, 0.6) is 0 Å². The van der Waals surface area contributed by atoms with Crippen LogP contribution in [0.1, 0.15) is 19.8 Å².